The maximum atomic E-state index is 12.7. The zero-order valence-electron chi connectivity index (χ0n) is 9.49. The Morgan fingerprint density at radius 1 is 1.29 bits per heavy atom. The van der Waals surface area contributed by atoms with Crippen LogP contribution < -0.4 is 16.8 Å². The number of nitrogens with one attached hydrogen (secondary N) is 1. The molecule has 0 fully saturated rings. The highest BCUT2D eigenvalue weighted by atomic mass is 19.1. The lowest BCUT2D eigenvalue weighted by molar-refractivity contribution is 0.626. The molecule has 0 amide bonds. The number of rotatable bonds is 3. The fraction of sp³-hybridized carbons (Fsp3) is 0.231. The van der Waals surface area contributed by atoms with E-state index in [4.69, 9.17) is 11.5 Å². The minimum Gasteiger partial charge on any atom is -0.401 e. The third kappa shape index (κ3) is 3.07. The van der Waals surface area contributed by atoms with Crippen molar-refractivity contribution >= 4 is 0 Å². The Bertz CT molecular complexity index is 448. The standard InChI is InChI=1S/C13H16FN3/c14-10-3-1-9(2-4-10)8-17-11-5-6-12(15)13(16)7-11/h1-5,7,12,17H,6,8,15-16H2. The molecule has 17 heavy (non-hydrogen) atoms. The Morgan fingerprint density at radius 3 is 2.65 bits per heavy atom. The number of halogens is 1. The van der Waals surface area contributed by atoms with Crippen molar-refractivity contribution in [2.24, 2.45) is 11.5 Å². The predicted molar refractivity (Wildman–Crippen MR) is 66.2 cm³/mol. The molecule has 0 aromatic heterocycles. The summed E-state index contributed by atoms with van der Waals surface area (Å²) >= 11 is 0. The van der Waals surface area contributed by atoms with Gasteiger partial charge in [-0.1, -0.05) is 18.2 Å². The van der Waals surface area contributed by atoms with Crippen molar-refractivity contribution in [2.45, 2.75) is 19.0 Å². The van der Waals surface area contributed by atoms with E-state index in [0.717, 1.165) is 17.7 Å². The van der Waals surface area contributed by atoms with Crippen LogP contribution in [0.2, 0.25) is 0 Å². The van der Waals surface area contributed by atoms with Crippen LogP contribution in [0.25, 0.3) is 0 Å². The maximum Gasteiger partial charge on any atom is 0.123 e. The summed E-state index contributed by atoms with van der Waals surface area (Å²) in [5.41, 5.74) is 14.2. The highest BCUT2D eigenvalue weighted by molar-refractivity contribution is 5.29. The molecule has 0 bridgehead atoms. The van der Waals surface area contributed by atoms with Crippen LogP contribution in [-0.2, 0) is 6.54 Å². The first-order chi connectivity index (χ1) is 8.15. The molecule has 1 aromatic rings. The maximum absolute atomic E-state index is 12.7. The summed E-state index contributed by atoms with van der Waals surface area (Å²) in [6, 6.07) is 6.33. The van der Waals surface area contributed by atoms with Crippen molar-refractivity contribution in [1.29, 1.82) is 0 Å². The van der Waals surface area contributed by atoms with Gasteiger partial charge in [-0.25, -0.2) is 4.39 Å². The van der Waals surface area contributed by atoms with Gasteiger partial charge in [-0.2, -0.15) is 0 Å². The van der Waals surface area contributed by atoms with E-state index >= 15 is 0 Å². The number of hydrogen-bond donors (Lipinski definition) is 3. The molecule has 0 radical (unpaired) electrons. The average molecular weight is 233 g/mol. The summed E-state index contributed by atoms with van der Waals surface area (Å²) in [4.78, 5) is 0. The van der Waals surface area contributed by atoms with Gasteiger partial charge in [0.05, 0.1) is 0 Å². The molecular weight excluding hydrogens is 217 g/mol. The van der Waals surface area contributed by atoms with E-state index in [1.807, 2.05) is 12.2 Å². The monoisotopic (exact) mass is 233 g/mol. The van der Waals surface area contributed by atoms with Crippen LogP contribution in [-0.4, -0.2) is 6.04 Å². The zero-order valence-corrected chi connectivity index (χ0v) is 9.49. The van der Waals surface area contributed by atoms with Crippen molar-refractivity contribution in [2.75, 3.05) is 0 Å². The van der Waals surface area contributed by atoms with Gasteiger partial charge in [0.25, 0.3) is 0 Å². The lowest BCUT2D eigenvalue weighted by Gasteiger charge is -2.18. The molecule has 1 aliphatic rings. The van der Waals surface area contributed by atoms with E-state index < -0.39 is 0 Å². The second-order valence-corrected chi connectivity index (χ2v) is 4.13. The summed E-state index contributed by atoms with van der Waals surface area (Å²) in [6.07, 6.45) is 4.61. The Hall–Kier alpha value is -1.81. The quantitative estimate of drug-likeness (QED) is 0.739. The minimum atomic E-state index is -0.222. The van der Waals surface area contributed by atoms with E-state index in [1.165, 1.54) is 12.1 Å². The van der Waals surface area contributed by atoms with Crippen LogP contribution in [0.5, 0.6) is 0 Å². The second kappa shape index (κ2) is 5.01. The van der Waals surface area contributed by atoms with Crippen molar-refractivity contribution < 1.29 is 4.39 Å². The van der Waals surface area contributed by atoms with Gasteiger partial charge in [0, 0.05) is 24.0 Å². The molecule has 5 N–H and O–H groups in total. The van der Waals surface area contributed by atoms with Gasteiger partial charge >= 0.3 is 0 Å². The summed E-state index contributed by atoms with van der Waals surface area (Å²) in [6.45, 7) is 0.644. The largest absolute Gasteiger partial charge is 0.401 e. The number of benzene rings is 1. The smallest absolute Gasteiger partial charge is 0.123 e. The van der Waals surface area contributed by atoms with Gasteiger partial charge in [0.2, 0.25) is 0 Å². The zero-order chi connectivity index (χ0) is 12.3. The van der Waals surface area contributed by atoms with E-state index in [2.05, 4.69) is 5.32 Å². The molecule has 0 saturated heterocycles. The Labute approximate surface area is 100.0 Å². The highest BCUT2D eigenvalue weighted by Gasteiger charge is 2.10. The lowest BCUT2D eigenvalue weighted by Crippen LogP contribution is -2.30. The van der Waals surface area contributed by atoms with Gasteiger partial charge in [0.1, 0.15) is 5.82 Å². The van der Waals surface area contributed by atoms with Crippen molar-refractivity contribution in [3.05, 3.63) is 59.2 Å². The summed E-state index contributed by atoms with van der Waals surface area (Å²) in [7, 11) is 0. The van der Waals surface area contributed by atoms with Gasteiger partial charge in [-0.05, 0) is 30.2 Å². The van der Waals surface area contributed by atoms with Gasteiger partial charge in [0.15, 0.2) is 0 Å². The van der Waals surface area contributed by atoms with Crippen LogP contribution in [0, 0.1) is 5.82 Å². The third-order valence-electron chi connectivity index (χ3n) is 2.75. The van der Waals surface area contributed by atoms with Crippen molar-refractivity contribution in [1.82, 2.24) is 5.32 Å². The van der Waals surface area contributed by atoms with Crippen LogP contribution in [0.1, 0.15) is 12.0 Å². The van der Waals surface area contributed by atoms with E-state index in [1.54, 1.807) is 12.1 Å². The molecule has 3 nitrogen and oxygen atoms in total. The fourth-order valence-corrected chi connectivity index (χ4v) is 1.67. The molecule has 1 unspecified atom stereocenters. The van der Waals surface area contributed by atoms with Gasteiger partial charge < -0.3 is 16.8 Å². The molecule has 0 spiro atoms. The molecule has 2 rings (SSSR count). The van der Waals surface area contributed by atoms with E-state index in [9.17, 15) is 4.39 Å². The number of hydrogen-bond acceptors (Lipinski definition) is 3. The fourth-order valence-electron chi connectivity index (χ4n) is 1.67. The van der Waals surface area contributed by atoms with Crippen LogP contribution in [0.4, 0.5) is 4.39 Å². The van der Waals surface area contributed by atoms with Crippen molar-refractivity contribution in [3.8, 4) is 0 Å². The number of nitrogens with two attached hydrogens (primary N) is 2. The molecule has 0 aliphatic heterocycles. The highest BCUT2D eigenvalue weighted by Crippen LogP contribution is 2.11. The first kappa shape index (κ1) is 11.7. The second-order valence-electron chi connectivity index (χ2n) is 4.13. The Balaban J connectivity index is 1.93. The average Bonchev–Trinajstić information content (AvgIpc) is 2.33. The molecule has 0 saturated carbocycles. The minimum absolute atomic E-state index is 0.0774. The van der Waals surface area contributed by atoms with Gasteiger partial charge in [-0.3, -0.25) is 0 Å². The first-order valence-electron chi connectivity index (χ1n) is 5.56. The molecule has 90 valence electrons. The Kier molecular flexibility index (Phi) is 3.44. The normalized spacial score (nSPS) is 19.5. The van der Waals surface area contributed by atoms with E-state index in [-0.39, 0.29) is 11.9 Å². The van der Waals surface area contributed by atoms with Gasteiger partial charge in [-0.15, -0.1) is 0 Å². The van der Waals surface area contributed by atoms with Crippen LogP contribution >= 0.6 is 0 Å². The third-order valence-corrected chi connectivity index (χ3v) is 2.75. The molecule has 1 atom stereocenters. The number of allylic oxidation sites excluding steroid dienone is 1. The Morgan fingerprint density at radius 2 is 2.00 bits per heavy atom. The molecule has 0 heterocycles. The topological polar surface area (TPSA) is 64.1 Å². The summed E-state index contributed by atoms with van der Waals surface area (Å²) in [5, 5.41) is 3.24. The molecule has 4 heteroatoms. The molecular formula is C13H16FN3. The SMILES string of the molecule is NC1=CC(NCc2ccc(F)cc2)=CCC1N. The molecule has 1 aromatic carbocycles. The van der Waals surface area contributed by atoms with E-state index in [0.29, 0.717) is 12.2 Å². The van der Waals surface area contributed by atoms with Crippen LogP contribution in [0.3, 0.4) is 0 Å². The summed E-state index contributed by atoms with van der Waals surface area (Å²) in [5.74, 6) is -0.222. The van der Waals surface area contributed by atoms with Crippen LogP contribution in [0.15, 0.2) is 47.8 Å². The molecule has 1 aliphatic carbocycles. The summed E-state index contributed by atoms with van der Waals surface area (Å²) < 4.78 is 12.7. The first-order valence-corrected chi connectivity index (χ1v) is 5.56. The van der Waals surface area contributed by atoms with Crippen molar-refractivity contribution in [3.63, 3.8) is 0 Å². The lowest BCUT2D eigenvalue weighted by atomic mass is 10.0. The predicted octanol–water partition coefficient (Wildman–Crippen LogP) is 1.37.